The summed E-state index contributed by atoms with van der Waals surface area (Å²) in [5.74, 6) is -0.0381. The van der Waals surface area contributed by atoms with Crippen molar-refractivity contribution in [2.75, 3.05) is 19.5 Å². The zero-order valence-electron chi connectivity index (χ0n) is 13.1. The van der Waals surface area contributed by atoms with Gasteiger partial charge in [-0.05, 0) is 35.9 Å². The van der Waals surface area contributed by atoms with Gasteiger partial charge in [-0.25, -0.2) is 9.78 Å². The molecule has 124 valence electrons. The Morgan fingerprint density at radius 3 is 2.46 bits per heavy atom. The van der Waals surface area contributed by atoms with Crippen molar-refractivity contribution in [1.82, 2.24) is 4.98 Å². The summed E-state index contributed by atoms with van der Waals surface area (Å²) in [7, 11) is 3.08. The van der Waals surface area contributed by atoms with Crippen molar-refractivity contribution in [3.05, 3.63) is 53.7 Å². The molecule has 2 N–H and O–H groups in total. The first-order chi connectivity index (χ1) is 11.5. The molecule has 0 aliphatic heterocycles. The number of carboxylic acids is 1. The number of aromatic nitrogens is 1. The lowest BCUT2D eigenvalue weighted by atomic mass is 10.2. The SMILES string of the molecule is COc1ccc(C=CC(=O)Nc2ccc(C(=O)O)cn2)cc1OC. The smallest absolute Gasteiger partial charge is 0.337 e. The molecule has 1 amide bonds. The highest BCUT2D eigenvalue weighted by atomic mass is 16.5. The average Bonchev–Trinajstić information content (AvgIpc) is 2.60. The van der Waals surface area contributed by atoms with E-state index in [1.54, 1.807) is 31.4 Å². The normalized spacial score (nSPS) is 10.4. The van der Waals surface area contributed by atoms with E-state index in [1.807, 2.05) is 0 Å². The first-order valence-corrected chi connectivity index (χ1v) is 6.94. The third-order valence-electron chi connectivity index (χ3n) is 3.10. The fourth-order valence-corrected chi connectivity index (χ4v) is 1.89. The molecule has 2 rings (SSSR count). The van der Waals surface area contributed by atoms with Crippen LogP contribution in [0.15, 0.2) is 42.6 Å². The zero-order chi connectivity index (χ0) is 17.5. The first kappa shape index (κ1) is 17.0. The Morgan fingerprint density at radius 1 is 1.12 bits per heavy atom. The Balaban J connectivity index is 2.03. The van der Waals surface area contributed by atoms with Crippen molar-refractivity contribution < 1.29 is 24.2 Å². The second-order valence-corrected chi connectivity index (χ2v) is 4.67. The molecule has 0 aliphatic carbocycles. The van der Waals surface area contributed by atoms with E-state index in [-0.39, 0.29) is 17.3 Å². The summed E-state index contributed by atoms with van der Waals surface area (Å²) in [5, 5.41) is 11.3. The van der Waals surface area contributed by atoms with Gasteiger partial charge in [0.2, 0.25) is 5.91 Å². The van der Waals surface area contributed by atoms with Crippen LogP contribution in [-0.4, -0.2) is 36.2 Å². The Bertz CT molecular complexity index is 769. The number of nitrogens with one attached hydrogen (secondary N) is 1. The Hall–Kier alpha value is -3.35. The minimum atomic E-state index is -1.08. The maximum atomic E-state index is 11.9. The minimum Gasteiger partial charge on any atom is -0.493 e. The van der Waals surface area contributed by atoms with E-state index in [0.29, 0.717) is 11.5 Å². The van der Waals surface area contributed by atoms with Crippen molar-refractivity contribution in [3.63, 3.8) is 0 Å². The van der Waals surface area contributed by atoms with E-state index in [0.717, 1.165) is 5.56 Å². The molecule has 0 fully saturated rings. The number of benzene rings is 1. The minimum absolute atomic E-state index is 0.0499. The molecular formula is C17H16N2O5. The first-order valence-electron chi connectivity index (χ1n) is 6.94. The Labute approximate surface area is 138 Å². The van der Waals surface area contributed by atoms with Gasteiger partial charge < -0.3 is 19.9 Å². The van der Waals surface area contributed by atoms with Gasteiger partial charge in [0.05, 0.1) is 19.8 Å². The van der Waals surface area contributed by atoms with Gasteiger partial charge in [-0.2, -0.15) is 0 Å². The quantitative estimate of drug-likeness (QED) is 0.791. The van der Waals surface area contributed by atoms with Crippen LogP contribution in [-0.2, 0) is 4.79 Å². The lowest BCUT2D eigenvalue weighted by Crippen LogP contribution is -2.09. The van der Waals surface area contributed by atoms with Gasteiger partial charge in [0.25, 0.3) is 0 Å². The van der Waals surface area contributed by atoms with E-state index in [9.17, 15) is 9.59 Å². The van der Waals surface area contributed by atoms with Gasteiger partial charge in [0.1, 0.15) is 5.82 Å². The van der Waals surface area contributed by atoms with Crippen LogP contribution in [0.2, 0.25) is 0 Å². The van der Waals surface area contributed by atoms with Gasteiger partial charge >= 0.3 is 5.97 Å². The summed E-state index contributed by atoms with van der Waals surface area (Å²) in [4.78, 5) is 26.5. The number of ether oxygens (including phenoxy) is 2. The van der Waals surface area contributed by atoms with Crippen LogP contribution in [0.1, 0.15) is 15.9 Å². The van der Waals surface area contributed by atoms with Crippen LogP contribution in [0.25, 0.3) is 6.08 Å². The largest absolute Gasteiger partial charge is 0.493 e. The predicted molar refractivity (Wildman–Crippen MR) is 88.4 cm³/mol. The molecule has 0 bridgehead atoms. The molecular weight excluding hydrogens is 312 g/mol. The molecule has 1 aromatic carbocycles. The third kappa shape index (κ3) is 4.33. The molecule has 1 heterocycles. The molecule has 24 heavy (non-hydrogen) atoms. The van der Waals surface area contributed by atoms with Crippen molar-refractivity contribution >= 4 is 23.8 Å². The van der Waals surface area contributed by atoms with Gasteiger partial charge in [-0.1, -0.05) is 6.07 Å². The molecule has 0 unspecified atom stereocenters. The summed E-state index contributed by atoms with van der Waals surface area (Å²) >= 11 is 0. The number of rotatable bonds is 6. The summed E-state index contributed by atoms with van der Waals surface area (Å²) in [6.07, 6.45) is 4.13. The second kappa shape index (κ2) is 7.77. The monoisotopic (exact) mass is 328 g/mol. The summed E-state index contributed by atoms with van der Waals surface area (Å²) < 4.78 is 10.3. The number of nitrogens with zero attached hydrogens (tertiary/aromatic N) is 1. The highest BCUT2D eigenvalue weighted by molar-refractivity contribution is 6.01. The van der Waals surface area contributed by atoms with Crippen LogP contribution in [0.5, 0.6) is 11.5 Å². The molecule has 0 atom stereocenters. The van der Waals surface area contributed by atoms with Crippen LogP contribution in [0.3, 0.4) is 0 Å². The van der Waals surface area contributed by atoms with Crippen LogP contribution >= 0.6 is 0 Å². The van der Waals surface area contributed by atoms with Crippen LogP contribution in [0, 0.1) is 0 Å². The molecule has 0 spiro atoms. The highest BCUT2D eigenvalue weighted by Gasteiger charge is 2.05. The van der Waals surface area contributed by atoms with Crippen molar-refractivity contribution in [3.8, 4) is 11.5 Å². The molecule has 7 heteroatoms. The van der Waals surface area contributed by atoms with Gasteiger partial charge in [0, 0.05) is 12.3 Å². The summed E-state index contributed by atoms with van der Waals surface area (Å²) in [5.41, 5.74) is 0.811. The maximum Gasteiger partial charge on any atom is 0.337 e. The van der Waals surface area contributed by atoms with Crippen molar-refractivity contribution in [1.29, 1.82) is 0 Å². The second-order valence-electron chi connectivity index (χ2n) is 4.67. The van der Waals surface area contributed by atoms with E-state index in [4.69, 9.17) is 14.6 Å². The number of methoxy groups -OCH3 is 2. The number of hydrogen-bond donors (Lipinski definition) is 2. The molecule has 0 saturated carbocycles. The van der Waals surface area contributed by atoms with Crippen molar-refractivity contribution in [2.24, 2.45) is 0 Å². The maximum absolute atomic E-state index is 11.9. The molecule has 0 aliphatic rings. The molecule has 7 nitrogen and oxygen atoms in total. The van der Waals surface area contributed by atoms with Gasteiger partial charge in [-0.15, -0.1) is 0 Å². The number of carbonyl (C=O) groups excluding carboxylic acids is 1. The number of anilines is 1. The van der Waals surface area contributed by atoms with E-state index in [2.05, 4.69) is 10.3 Å². The molecule has 0 radical (unpaired) electrons. The number of carbonyl (C=O) groups is 2. The standard InChI is InChI=1S/C17H16N2O5/c1-23-13-6-3-11(9-14(13)24-2)4-8-16(20)19-15-7-5-12(10-18-15)17(21)22/h3-10H,1-2H3,(H,21,22)(H,18,19,20). The topological polar surface area (TPSA) is 97.8 Å². The Kier molecular flexibility index (Phi) is 5.51. The van der Waals surface area contributed by atoms with E-state index >= 15 is 0 Å². The fourth-order valence-electron chi connectivity index (χ4n) is 1.89. The zero-order valence-corrected chi connectivity index (χ0v) is 13.1. The number of aromatic carboxylic acids is 1. The van der Waals surface area contributed by atoms with E-state index in [1.165, 1.54) is 31.5 Å². The molecule has 2 aromatic rings. The average molecular weight is 328 g/mol. The Morgan fingerprint density at radius 2 is 1.88 bits per heavy atom. The van der Waals surface area contributed by atoms with Gasteiger partial charge in [0.15, 0.2) is 11.5 Å². The van der Waals surface area contributed by atoms with Gasteiger partial charge in [-0.3, -0.25) is 4.79 Å². The van der Waals surface area contributed by atoms with E-state index < -0.39 is 5.97 Å². The summed E-state index contributed by atoms with van der Waals surface area (Å²) in [6.45, 7) is 0. The number of hydrogen-bond acceptors (Lipinski definition) is 5. The number of pyridine rings is 1. The third-order valence-corrected chi connectivity index (χ3v) is 3.10. The number of carboxylic acid groups (broad SMARTS) is 1. The lowest BCUT2D eigenvalue weighted by Gasteiger charge is -2.07. The van der Waals surface area contributed by atoms with Crippen LogP contribution in [0.4, 0.5) is 5.82 Å². The predicted octanol–water partition coefficient (Wildman–Crippen LogP) is 2.45. The lowest BCUT2D eigenvalue weighted by molar-refractivity contribution is -0.111. The van der Waals surface area contributed by atoms with Crippen LogP contribution < -0.4 is 14.8 Å². The highest BCUT2D eigenvalue weighted by Crippen LogP contribution is 2.27. The fraction of sp³-hybridized carbons (Fsp3) is 0.118. The molecule has 0 saturated heterocycles. The molecule has 1 aromatic heterocycles. The van der Waals surface area contributed by atoms with Crippen molar-refractivity contribution in [2.45, 2.75) is 0 Å². The summed E-state index contributed by atoms with van der Waals surface area (Å²) in [6, 6.07) is 8.05. The number of amides is 1.